The molecule has 0 aromatic heterocycles. The monoisotopic (exact) mass is 364 g/mol. The van der Waals surface area contributed by atoms with Gasteiger partial charge in [-0.3, -0.25) is 14.7 Å². The Balaban J connectivity index is 1.45. The van der Waals surface area contributed by atoms with E-state index in [9.17, 15) is 9.59 Å². The van der Waals surface area contributed by atoms with Crippen molar-refractivity contribution < 1.29 is 14.3 Å². The van der Waals surface area contributed by atoms with E-state index >= 15 is 0 Å². The van der Waals surface area contributed by atoms with Crippen LogP contribution in [0.1, 0.15) is 23.7 Å². The molecule has 0 bridgehead atoms. The summed E-state index contributed by atoms with van der Waals surface area (Å²) in [5.74, 6) is -0.205. The van der Waals surface area contributed by atoms with E-state index in [4.69, 9.17) is 4.74 Å². The highest BCUT2D eigenvalue weighted by atomic mass is 16.6. The number of amides is 2. The van der Waals surface area contributed by atoms with Crippen molar-refractivity contribution in [2.45, 2.75) is 13.3 Å². The number of nitrogens with zero attached hydrogens (tertiary/aromatic N) is 3. The van der Waals surface area contributed by atoms with Gasteiger partial charge in [0.25, 0.3) is 5.91 Å². The van der Waals surface area contributed by atoms with E-state index in [0.29, 0.717) is 30.1 Å². The summed E-state index contributed by atoms with van der Waals surface area (Å²) in [4.78, 5) is 25.8. The largest absolute Gasteiger partial charge is 0.447 e. The molecule has 0 spiro atoms. The topological polar surface area (TPSA) is 74.2 Å². The van der Waals surface area contributed by atoms with Gasteiger partial charge in [-0.2, -0.15) is 5.10 Å². The molecule has 2 aromatic rings. The molecule has 7 nitrogen and oxygen atoms in total. The molecule has 0 radical (unpaired) electrons. The number of cyclic esters (lactones) is 1. The highest BCUT2D eigenvalue weighted by Crippen LogP contribution is 2.24. The molecule has 0 unspecified atom stereocenters. The van der Waals surface area contributed by atoms with Crippen LogP contribution in [0, 0.1) is 0 Å². The molecule has 0 saturated carbocycles. The maximum Gasteiger partial charge on any atom is 0.414 e. The van der Waals surface area contributed by atoms with E-state index in [-0.39, 0.29) is 12.0 Å². The lowest BCUT2D eigenvalue weighted by Crippen LogP contribution is -2.23. The molecule has 1 fully saturated rings. The molecule has 1 saturated heterocycles. The van der Waals surface area contributed by atoms with Gasteiger partial charge >= 0.3 is 6.09 Å². The Hall–Kier alpha value is -3.35. The molecule has 2 heterocycles. The molecule has 1 N–H and O–H groups in total. The van der Waals surface area contributed by atoms with Crippen LogP contribution < -0.4 is 15.2 Å². The van der Waals surface area contributed by atoms with E-state index < -0.39 is 0 Å². The molecule has 27 heavy (non-hydrogen) atoms. The predicted molar refractivity (Wildman–Crippen MR) is 105 cm³/mol. The Kier molecular flexibility index (Phi) is 4.50. The zero-order chi connectivity index (χ0) is 18.8. The molecular weight excluding hydrogens is 344 g/mol. The summed E-state index contributed by atoms with van der Waals surface area (Å²) in [5.41, 5.74) is 3.97. The molecule has 0 atom stereocenters. The summed E-state index contributed by atoms with van der Waals surface area (Å²) >= 11 is 0. The fourth-order valence-electron chi connectivity index (χ4n) is 3.13. The van der Waals surface area contributed by atoms with Crippen LogP contribution in [0.15, 0.2) is 53.6 Å². The quantitative estimate of drug-likeness (QED) is 0.901. The smallest absolute Gasteiger partial charge is 0.414 e. The minimum Gasteiger partial charge on any atom is -0.447 e. The lowest BCUT2D eigenvalue weighted by Gasteiger charge is -2.15. The first-order valence-corrected chi connectivity index (χ1v) is 8.87. The van der Waals surface area contributed by atoms with Crippen LogP contribution in [0.3, 0.4) is 0 Å². The van der Waals surface area contributed by atoms with Crippen molar-refractivity contribution in [3.63, 3.8) is 0 Å². The van der Waals surface area contributed by atoms with Crippen LogP contribution in [-0.2, 0) is 4.74 Å². The molecule has 2 aliphatic heterocycles. The van der Waals surface area contributed by atoms with Crippen molar-refractivity contribution in [3.8, 4) is 0 Å². The van der Waals surface area contributed by atoms with Gasteiger partial charge in [0.1, 0.15) is 6.61 Å². The highest BCUT2D eigenvalue weighted by Gasteiger charge is 2.23. The second-order valence-corrected chi connectivity index (χ2v) is 6.53. The van der Waals surface area contributed by atoms with Gasteiger partial charge in [-0.15, -0.1) is 0 Å². The molecule has 138 valence electrons. The zero-order valence-corrected chi connectivity index (χ0v) is 15.0. The first-order valence-electron chi connectivity index (χ1n) is 8.87. The van der Waals surface area contributed by atoms with E-state index in [2.05, 4.69) is 10.4 Å². The molecule has 4 rings (SSSR count). The van der Waals surface area contributed by atoms with Crippen molar-refractivity contribution in [1.82, 2.24) is 0 Å². The molecule has 2 aliphatic rings. The van der Waals surface area contributed by atoms with Crippen molar-refractivity contribution in [3.05, 3.63) is 54.1 Å². The van der Waals surface area contributed by atoms with E-state index in [0.717, 1.165) is 24.4 Å². The number of anilines is 3. The van der Waals surface area contributed by atoms with Gasteiger partial charge in [-0.1, -0.05) is 6.07 Å². The van der Waals surface area contributed by atoms with Crippen LogP contribution in [0.25, 0.3) is 0 Å². The number of hydrogen-bond acceptors (Lipinski definition) is 5. The van der Waals surface area contributed by atoms with Crippen molar-refractivity contribution in [2.24, 2.45) is 5.10 Å². The summed E-state index contributed by atoms with van der Waals surface area (Å²) in [7, 11) is 0. The van der Waals surface area contributed by atoms with Crippen molar-refractivity contribution in [2.75, 3.05) is 34.9 Å². The zero-order valence-electron chi connectivity index (χ0n) is 15.0. The SMILES string of the molecule is CC1=NN(c2ccc(C(=O)Nc3cccc(N4CCOC4=O)c3)cc2)CC1. The summed E-state index contributed by atoms with van der Waals surface area (Å²) in [6.45, 7) is 3.76. The second-order valence-electron chi connectivity index (χ2n) is 6.53. The molecular formula is C20H20N4O3. The van der Waals surface area contributed by atoms with Gasteiger partial charge in [0.15, 0.2) is 0 Å². The number of ether oxygens (including phenoxy) is 1. The van der Waals surface area contributed by atoms with Crippen molar-refractivity contribution in [1.29, 1.82) is 0 Å². The fraction of sp³-hybridized carbons (Fsp3) is 0.250. The van der Waals surface area contributed by atoms with Gasteiger partial charge in [-0.25, -0.2) is 4.79 Å². The van der Waals surface area contributed by atoms with E-state index in [1.165, 1.54) is 0 Å². The predicted octanol–water partition coefficient (Wildman–Crippen LogP) is 3.48. The maximum atomic E-state index is 12.5. The van der Waals surface area contributed by atoms with Crippen molar-refractivity contribution >= 4 is 34.8 Å². The first kappa shape index (κ1) is 17.1. The Labute approximate surface area is 157 Å². The standard InChI is InChI=1S/C20H20N4O3/c1-14-9-10-24(22-14)17-7-5-15(6-8-17)19(25)21-16-3-2-4-18(13-16)23-11-12-27-20(23)26/h2-8,13H,9-12H2,1H3,(H,21,25). The van der Waals surface area contributed by atoms with Crippen LogP contribution in [-0.4, -0.2) is 37.4 Å². The molecule has 0 aliphatic carbocycles. The summed E-state index contributed by atoms with van der Waals surface area (Å²) in [6.07, 6.45) is 0.595. The molecule has 7 heteroatoms. The average Bonchev–Trinajstić information content (AvgIpc) is 3.30. The highest BCUT2D eigenvalue weighted by molar-refractivity contribution is 6.05. The third-order valence-electron chi connectivity index (χ3n) is 4.58. The van der Waals surface area contributed by atoms with Gasteiger partial charge in [0.05, 0.1) is 12.2 Å². The van der Waals surface area contributed by atoms with E-state index in [1.54, 1.807) is 35.2 Å². The summed E-state index contributed by atoms with van der Waals surface area (Å²) in [5, 5.41) is 9.28. The number of nitrogens with one attached hydrogen (secondary N) is 1. The van der Waals surface area contributed by atoms with Gasteiger partial charge in [0, 0.05) is 35.6 Å². The van der Waals surface area contributed by atoms with E-state index in [1.807, 2.05) is 30.1 Å². The number of hydrazone groups is 1. The number of benzene rings is 2. The van der Waals surface area contributed by atoms with Crippen LogP contribution in [0.2, 0.25) is 0 Å². The average molecular weight is 364 g/mol. The number of carbonyl (C=O) groups is 2. The Morgan fingerprint density at radius 2 is 1.93 bits per heavy atom. The third-order valence-corrected chi connectivity index (χ3v) is 4.58. The number of rotatable bonds is 4. The second kappa shape index (κ2) is 7.11. The lowest BCUT2D eigenvalue weighted by atomic mass is 10.1. The minimum absolute atomic E-state index is 0.205. The van der Waals surface area contributed by atoms with Crippen LogP contribution >= 0.6 is 0 Å². The first-order chi connectivity index (χ1) is 13.1. The Bertz CT molecular complexity index is 908. The number of hydrogen-bond donors (Lipinski definition) is 1. The summed E-state index contributed by atoms with van der Waals surface area (Å²) in [6, 6.07) is 14.5. The van der Waals surface area contributed by atoms with Crippen LogP contribution in [0.4, 0.5) is 21.9 Å². The maximum absolute atomic E-state index is 12.5. The van der Waals surface area contributed by atoms with Gasteiger partial charge in [-0.05, 0) is 49.4 Å². The Morgan fingerprint density at radius 1 is 1.11 bits per heavy atom. The molecule has 2 aromatic carbocycles. The Morgan fingerprint density at radius 3 is 2.59 bits per heavy atom. The number of carbonyl (C=O) groups excluding carboxylic acids is 2. The third kappa shape index (κ3) is 3.62. The molecule has 2 amide bonds. The van der Waals surface area contributed by atoms with Gasteiger partial charge < -0.3 is 10.1 Å². The summed E-state index contributed by atoms with van der Waals surface area (Å²) < 4.78 is 4.96. The van der Waals surface area contributed by atoms with Crippen LogP contribution in [0.5, 0.6) is 0 Å². The minimum atomic E-state index is -0.367. The van der Waals surface area contributed by atoms with Gasteiger partial charge in [0.2, 0.25) is 0 Å². The fourth-order valence-corrected chi connectivity index (χ4v) is 3.13. The lowest BCUT2D eigenvalue weighted by molar-refractivity contribution is 0.102. The normalized spacial score (nSPS) is 16.3.